The summed E-state index contributed by atoms with van der Waals surface area (Å²) < 4.78 is 0. The van der Waals surface area contributed by atoms with Crippen molar-refractivity contribution in [3.05, 3.63) is 237 Å². The molecule has 0 aliphatic carbocycles. The van der Waals surface area contributed by atoms with Gasteiger partial charge >= 0.3 is 0 Å². The highest BCUT2D eigenvalue weighted by Gasteiger charge is 2.20. The van der Waals surface area contributed by atoms with Crippen molar-refractivity contribution < 1.29 is 0 Å². The van der Waals surface area contributed by atoms with Crippen LogP contribution in [-0.4, -0.2) is 0 Å². The van der Waals surface area contributed by atoms with Gasteiger partial charge in [0.1, 0.15) is 0 Å². The smallest absolute Gasteiger partial charge is 0.0546 e. The molecule has 11 aromatic rings. The zero-order valence-electron chi connectivity index (χ0n) is 32.5. The Morgan fingerprint density at radius 2 is 0.763 bits per heavy atom. The van der Waals surface area contributed by atoms with Gasteiger partial charge in [-0.2, -0.15) is 0 Å². The van der Waals surface area contributed by atoms with E-state index in [-0.39, 0.29) is 0 Å². The third-order valence-corrected chi connectivity index (χ3v) is 11.8. The van der Waals surface area contributed by atoms with Gasteiger partial charge in [-0.15, -0.1) is 0 Å². The summed E-state index contributed by atoms with van der Waals surface area (Å²) in [6.45, 7) is 0. The van der Waals surface area contributed by atoms with Crippen molar-refractivity contribution in [2.24, 2.45) is 0 Å². The summed E-state index contributed by atoms with van der Waals surface area (Å²) in [5.41, 5.74) is 12.8. The average Bonchev–Trinajstić information content (AvgIpc) is 3.31. The highest BCUT2D eigenvalue weighted by Crippen LogP contribution is 2.45. The predicted molar refractivity (Wildman–Crippen MR) is 253 cm³/mol. The van der Waals surface area contributed by atoms with Gasteiger partial charge in [-0.25, -0.2) is 0 Å². The molecule has 0 heterocycles. The molecular formula is C58H39N. The van der Waals surface area contributed by atoms with Gasteiger partial charge in [0.2, 0.25) is 0 Å². The van der Waals surface area contributed by atoms with Crippen molar-refractivity contribution in [2.75, 3.05) is 4.90 Å². The van der Waals surface area contributed by atoms with Crippen LogP contribution in [0.3, 0.4) is 0 Å². The van der Waals surface area contributed by atoms with E-state index in [0.717, 1.165) is 22.6 Å². The normalized spacial score (nSPS) is 11.4. The summed E-state index contributed by atoms with van der Waals surface area (Å²) in [7, 11) is 0. The van der Waals surface area contributed by atoms with E-state index in [2.05, 4.69) is 241 Å². The van der Waals surface area contributed by atoms with E-state index in [1.54, 1.807) is 0 Å². The molecule has 11 aromatic carbocycles. The fraction of sp³-hybridized carbons (Fsp3) is 0. The van der Waals surface area contributed by atoms with Gasteiger partial charge in [0.25, 0.3) is 0 Å². The first kappa shape index (κ1) is 34.5. The van der Waals surface area contributed by atoms with Crippen LogP contribution < -0.4 is 4.90 Å². The van der Waals surface area contributed by atoms with Crippen LogP contribution in [0.15, 0.2) is 237 Å². The van der Waals surface area contributed by atoms with E-state index in [0.29, 0.717) is 0 Å². The predicted octanol–water partition coefficient (Wildman–Crippen LogP) is 16.4. The summed E-state index contributed by atoms with van der Waals surface area (Å²) in [5.74, 6) is 0. The summed E-state index contributed by atoms with van der Waals surface area (Å²) in [5, 5.41) is 10.0. The van der Waals surface area contributed by atoms with Crippen molar-refractivity contribution in [3.63, 3.8) is 0 Å². The van der Waals surface area contributed by atoms with Crippen LogP contribution in [0, 0.1) is 0 Å². The largest absolute Gasteiger partial charge is 0.310 e. The molecule has 0 fully saturated rings. The van der Waals surface area contributed by atoms with Crippen LogP contribution in [0.1, 0.15) is 0 Å². The maximum atomic E-state index is 2.44. The lowest BCUT2D eigenvalue weighted by atomic mass is 9.93. The number of rotatable bonds is 7. The zero-order valence-corrected chi connectivity index (χ0v) is 32.5. The molecule has 0 saturated carbocycles. The number of hydrogen-bond donors (Lipinski definition) is 0. The van der Waals surface area contributed by atoms with Gasteiger partial charge in [-0.05, 0) is 124 Å². The maximum absolute atomic E-state index is 2.44. The third kappa shape index (κ3) is 6.40. The fourth-order valence-corrected chi connectivity index (χ4v) is 8.84. The Labute approximate surface area is 344 Å². The number of nitrogens with zero attached hydrogens (tertiary/aromatic N) is 1. The molecule has 0 aliphatic rings. The first-order valence-corrected chi connectivity index (χ1v) is 20.3. The second-order valence-electron chi connectivity index (χ2n) is 15.3. The highest BCUT2D eigenvalue weighted by molar-refractivity contribution is 6.08. The van der Waals surface area contributed by atoms with Crippen molar-refractivity contribution in [2.45, 2.75) is 0 Å². The first-order valence-electron chi connectivity index (χ1n) is 20.3. The van der Waals surface area contributed by atoms with Crippen LogP contribution in [-0.2, 0) is 0 Å². The Bertz CT molecular complexity index is 3320. The topological polar surface area (TPSA) is 3.24 Å². The minimum atomic E-state index is 1.09. The van der Waals surface area contributed by atoms with Crippen LogP contribution >= 0.6 is 0 Å². The molecule has 0 aliphatic heterocycles. The van der Waals surface area contributed by atoms with Crippen LogP contribution in [0.2, 0.25) is 0 Å². The Hall–Kier alpha value is -7.74. The molecule has 59 heavy (non-hydrogen) atoms. The summed E-state index contributed by atoms with van der Waals surface area (Å²) in [6, 6.07) is 86.4. The van der Waals surface area contributed by atoms with Gasteiger partial charge in [0, 0.05) is 16.9 Å². The molecule has 1 heteroatoms. The van der Waals surface area contributed by atoms with E-state index in [1.165, 1.54) is 82.0 Å². The molecule has 1 nitrogen and oxygen atoms in total. The zero-order chi connectivity index (χ0) is 39.1. The van der Waals surface area contributed by atoms with E-state index in [9.17, 15) is 0 Å². The van der Waals surface area contributed by atoms with E-state index >= 15 is 0 Å². The third-order valence-electron chi connectivity index (χ3n) is 11.8. The van der Waals surface area contributed by atoms with Crippen molar-refractivity contribution in [3.8, 4) is 44.5 Å². The quantitative estimate of drug-likeness (QED) is 0.147. The monoisotopic (exact) mass is 749 g/mol. The Morgan fingerprint density at radius 1 is 0.220 bits per heavy atom. The van der Waals surface area contributed by atoms with Gasteiger partial charge in [0.05, 0.1) is 5.69 Å². The molecule has 0 N–H and O–H groups in total. The molecule has 0 radical (unpaired) electrons. The SMILES string of the molecule is c1ccc(-c2ccc(-c3cccc4ccccc34)cc2N(c2ccc(-c3ccc4c(ccc5ccccc54)c3)cc2)c2cccc(-c3ccc4ccccc4c3)c2)cc1. The molecular weight excluding hydrogens is 711 g/mol. The lowest BCUT2D eigenvalue weighted by Crippen LogP contribution is -2.11. The van der Waals surface area contributed by atoms with E-state index in [4.69, 9.17) is 0 Å². The van der Waals surface area contributed by atoms with Gasteiger partial charge < -0.3 is 4.90 Å². The van der Waals surface area contributed by atoms with Gasteiger partial charge in [-0.3, -0.25) is 0 Å². The van der Waals surface area contributed by atoms with E-state index in [1.807, 2.05) is 0 Å². The number of fused-ring (bicyclic) bond motifs is 5. The summed E-state index contributed by atoms with van der Waals surface area (Å²) >= 11 is 0. The minimum Gasteiger partial charge on any atom is -0.310 e. The van der Waals surface area contributed by atoms with Gasteiger partial charge in [-0.1, -0.05) is 194 Å². The second kappa shape index (κ2) is 14.6. The van der Waals surface area contributed by atoms with Crippen molar-refractivity contribution in [1.29, 1.82) is 0 Å². The lowest BCUT2D eigenvalue weighted by molar-refractivity contribution is 1.28. The molecule has 0 atom stereocenters. The van der Waals surface area contributed by atoms with Crippen molar-refractivity contribution >= 4 is 60.2 Å². The number of hydrogen-bond acceptors (Lipinski definition) is 1. The molecule has 0 aromatic heterocycles. The fourth-order valence-electron chi connectivity index (χ4n) is 8.84. The van der Waals surface area contributed by atoms with E-state index < -0.39 is 0 Å². The molecule has 11 rings (SSSR count). The highest BCUT2D eigenvalue weighted by atomic mass is 15.1. The minimum absolute atomic E-state index is 1.09. The Morgan fingerprint density at radius 3 is 1.61 bits per heavy atom. The van der Waals surface area contributed by atoms with Crippen molar-refractivity contribution in [1.82, 2.24) is 0 Å². The lowest BCUT2D eigenvalue weighted by Gasteiger charge is -2.29. The Kier molecular flexibility index (Phi) is 8.56. The Balaban J connectivity index is 1.09. The second-order valence-corrected chi connectivity index (χ2v) is 15.3. The average molecular weight is 750 g/mol. The molecule has 0 spiro atoms. The first-order chi connectivity index (χ1) is 29.2. The summed E-state index contributed by atoms with van der Waals surface area (Å²) in [6.07, 6.45) is 0. The van der Waals surface area contributed by atoms with Crippen LogP contribution in [0.25, 0.3) is 87.6 Å². The van der Waals surface area contributed by atoms with Crippen LogP contribution in [0.5, 0.6) is 0 Å². The number of anilines is 3. The molecule has 276 valence electrons. The molecule has 0 bridgehead atoms. The molecule has 0 amide bonds. The van der Waals surface area contributed by atoms with Gasteiger partial charge in [0.15, 0.2) is 0 Å². The molecule has 0 unspecified atom stereocenters. The standard InChI is InChI=1S/C58H39N/c1-2-13-43(14-3-1)57-35-31-50(55-23-11-18-42-15-6-8-21-53(42)55)39-58(57)59(52-20-10-19-46(38-52)48-26-24-40-12-4-5-17-45(40)36-48)51-32-28-41(29-33-51)47-30-34-56-49(37-47)27-25-44-16-7-9-22-54(44)56/h1-39H. The van der Waals surface area contributed by atoms with Crippen LogP contribution in [0.4, 0.5) is 17.1 Å². The summed E-state index contributed by atoms with van der Waals surface area (Å²) in [4.78, 5) is 2.44. The molecule has 0 saturated heterocycles. The maximum Gasteiger partial charge on any atom is 0.0546 e. The number of benzene rings is 11.